The number of benzene rings is 2. The number of hydrogen-bond acceptors (Lipinski definition) is 5. The Morgan fingerprint density at radius 3 is 2.22 bits per heavy atom. The van der Waals surface area contributed by atoms with E-state index in [0.29, 0.717) is 17.4 Å². The Bertz CT molecular complexity index is 1260. The van der Waals surface area contributed by atoms with Crippen molar-refractivity contribution in [2.45, 2.75) is 32.7 Å². The predicted molar refractivity (Wildman–Crippen MR) is 132 cm³/mol. The third-order valence-corrected chi connectivity index (χ3v) is 8.59. The lowest BCUT2D eigenvalue weighted by molar-refractivity contribution is -0.158. The molecule has 1 saturated heterocycles. The van der Waals surface area contributed by atoms with Gasteiger partial charge >= 0.3 is 5.97 Å². The highest BCUT2D eigenvalue weighted by atomic mass is 16.5. The number of Topliss-reactive ketones (excluding diaryl/α,β-unsaturated/α-hetero) is 1. The van der Waals surface area contributed by atoms with Crippen LogP contribution in [0, 0.1) is 49.4 Å². The normalized spacial score (nSPS) is 30.1. The van der Waals surface area contributed by atoms with E-state index in [-0.39, 0.29) is 47.7 Å². The molecule has 6 nitrogen and oxygen atoms in total. The first kappa shape index (κ1) is 22.9. The summed E-state index contributed by atoms with van der Waals surface area (Å²) in [4.78, 5) is 54.8. The number of carbonyl (C=O) groups excluding carboxylic acids is 4. The number of amides is 2. The first-order valence-corrected chi connectivity index (χ1v) is 12.7. The number of rotatable bonds is 7. The average Bonchev–Trinajstić information content (AvgIpc) is 3.66. The van der Waals surface area contributed by atoms with Gasteiger partial charge in [-0.3, -0.25) is 19.3 Å². The zero-order chi connectivity index (χ0) is 25.1. The standard InChI is InChI=1S/C30H29NO5/c1-16-8-9-17(2)21(12-16)25(32)15-36-30(35)24(13-18-6-4-3-5-7-18)31-28(33)26-19-10-11-20(23-14-22(19)23)27(26)29(31)34/h3-12,19-20,22-24,26-27H,13-15H2,1-2H3/t19-,20-,22-,23-,24-,26+,27+/m0/s1. The number of hydrogen-bond donors (Lipinski definition) is 0. The molecular formula is C30H29NO5. The van der Waals surface area contributed by atoms with Crippen molar-refractivity contribution in [1.82, 2.24) is 4.90 Å². The van der Waals surface area contributed by atoms with E-state index >= 15 is 0 Å². The fourth-order valence-electron chi connectivity index (χ4n) is 6.75. The second kappa shape index (κ2) is 8.54. The number of ketones is 1. The Hall–Kier alpha value is -3.54. The number of aryl methyl sites for hydroxylation is 2. The Kier molecular flexibility index (Phi) is 5.43. The number of carbonyl (C=O) groups is 4. The van der Waals surface area contributed by atoms with Gasteiger partial charge in [-0.1, -0.05) is 60.2 Å². The smallest absolute Gasteiger partial charge is 0.330 e. The van der Waals surface area contributed by atoms with E-state index in [1.165, 1.54) is 4.90 Å². The second-order valence-corrected chi connectivity index (χ2v) is 10.8. The minimum absolute atomic E-state index is 0.0747. The molecule has 5 aliphatic rings. The van der Waals surface area contributed by atoms with Crippen LogP contribution in [0.3, 0.4) is 0 Å². The minimum Gasteiger partial charge on any atom is -0.456 e. The Morgan fingerprint density at radius 1 is 0.944 bits per heavy atom. The van der Waals surface area contributed by atoms with Gasteiger partial charge in [-0.25, -0.2) is 4.79 Å². The Balaban J connectivity index is 1.25. The molecule has 36 heavy (non-hydrogen) atoms. The van der Waals surface area contributed by atoms with Gasteiger partial charge in [0.25, 0.3) is 0 Å². The van der Waals surface area contributed by atoms with Gasteiger partial charge in [-0.2, -0.15) is 0 Å². The van der Waals surface area contributed by atoms with Crippen LogP contribution in [0.1, 0.15) is 33.5 Å². The maximum absolute atomic E-state index is 13.7. The molecule has 2 aromatic carbocycles. The van der Waals surface area contributed by atoms with Crippen LogP contribution in [-0.2, 0) is 25.5 Å². The molecule has 4 aliphatic carbocycles. The van der Waals surface area contributed by atoms with Gasteiger partial charge in [0, 0.05) is 12.0 Å². The summed E-state index contributed by atoms with van der Waals surface area (Å²) >= 11 is 0. The number of allylic oxidation sites excluding steroid dienone is 2. The summed E-state index contributed by atoms with van der Waals surface area (Å²) < 4.78 is 5.50. The SMILES string of the molecule is Cc1ccc(C)c(C(=O)COC(=O)[C@H](Cc2ccccc2)N2C(=O)[C@@H]3[C@H]4C=C[C@@H]([C@@H]5C[C@@H]45)[C@H]3C2=O)c1. The summed E-state index contributed by atoms with van der Waals surface area (Å²) in [6.45, 7) is 3.30. The molecule has 2 bridgehead atoms. The van der Waals surface area contributed by atoms with Crippen molar-refractivity contribution >= 4 is 23.6 Å². The molecule has 0 N–H and O–H groups in total. The molecule has 2 amide bonds. The molecule has 6 heteroatoms. The minimum atomic E-state index is -1.10. The van der Waals surface area contributed by atoms with Crippen LogP contribution in [0.2, 0.25) is 0 Å². The van der Waals surface area contributed by atoms with Crippen molar-refractivity contribution in [3.63, 3.8) is 0 Å². The number of imide groups is 1. The topological polar surface area (TPSA) is 80.8 Å². The van der Waals surface area contributed by atoms with Gasteiger partial charge in [-0.15, -0.1) is 0 Å². The third kappa shape index (κ3) is 3.62. The van der Waals surface area contributed by atoms with Gasteiger partial charge in [0.15, 0.2) is 6.61 Å². The molecule has 184 valence electrons. The zero-order valence-electron chi connectivity index (χ0n) is 20.4. The fourth-order valence-corrected chi connectivity index (χ4v) is 6.75. The highest BCUT2D eigenvalue weighted by molar-refractivity contribution is 6.09. The molecule has 0 spiro atoms. The summed E-state index contributed by atoms with van der Waals surface area (Å²) in [5, 5.41) is 0. The first-order chi connectivity index (χ1) is 17.3. The summed E-state index contributed by atoms with van der Waals surface area (Å²) in [6, 6.07) is 13.8. The van der Waals surface area contributed by atoms with Crippen molar-refractivity contribution in [3.8, 4) is 0 Å². The van der Waals surface area contributed by atoms with Gasteiger partial charge in [0.1, 0.15) is 6.04 Å². The number of nitrogens with zero attached hydrogens (tertiary/aromatic N) is 1. The molecule has 2 aromatic rings. The molecule has 7 atom stereocenters. The van der Waals surface area contributed by atoms with E-state index < -0.39 is 18.6 Å². The van der Waals surface area contributed by atoms with Crippen molar-refractivity contribution in [2.75, 3.05) is 6.61 Å². The van der Waals surface area contributed by atoms with Gasteiger partial charge in [0.05, 0.1) is 11.8 Å². The van der Waals surface area contributed by atoms with Crippen LogP contribution in [0.25, 0.3) is 0 Å². The van der Waals surface area contributed by atoms with Crippen LogP contribution in [0.4, 0.5) is 0 Å². The molecule has 1 aliphatic heterocycles. The molecule has 1 heterocycles. The lowest BCUT2D eigenvalue weighted by Crippen LogP contribution is -2.48. The van der Waals surface area contributed by atoms with Crippen LogP contribution >= 0.6 is 0 Å². The first-order valence-electron chi connectivity index (χ1n) is 12.7. The van der Waals surface area contributed by atoms with E-state index in [4.69, 9.17) is 4.74 Å². The molecular weight excluding hydrogens is 454 g/mol. The molecule has 3 fully saturated rings. The van der Waals surface area contributed by atoms with Crippen molar-refractivity contribution in [3.05, 3.63) is 82.9 Å². The molecule has 2 saturated carbocycles. The number of ether oxygens (including phenoxy) is 1. The summed E-state index contributed by atoms with van der Waals surface area (Å²) in [5.41, 5.74) is 3.07. The maximum Gasteiger partial charge on any atom is 0.330 e. The molecule has 0 unspecified atom stereocenters. The predicted octanol–water partition coefficient (Wildman–Crippen LogP) is 3.69. The number of likely N-dealkylation sites (tertiary alicyclic amines) is 1. The van der Waals surface area contributed by atoms with Crippen molar-refractivity contribution < 1.29 is 23.9 Å². The summed E-state index contributed by atoms with van der Waals surface area (Å²) in [6.07, 6.45) is 5.46. The van der Waals surface area contributed by atoms with Gasteiger partial charge < -0.3 is 4.74 Å². The van der Waals surface area contributed by atoms with Gasteiger partial charge in [-0.05, 0) is 61.1 Å². The third-order valence-electron chi connectivity index (χ3n) is 8.59. The largest absolute Gasteiger partial charge is 0.456 e. The van der Waals surface area contributed by atoms with Crippen molar-refractivity contribution in [2.24, 2.45) is 35.5 Å². The molecule has 0 aromatic heterocycles. The zero-order valence-corrected chi connectivity index (χ0v) is 20.4. The Morgan fingerprint density at radius 2 is 1.58 bits per heavy atom. The highest BCUT2D eigenvalue weighted by Gasteiger charge is 2.68. The highest BCUT2D eigenvalue weighted by Crippen LogP contribution is 2.65. The Labute approximate surface area is 210 Å². The number of esters is 1. The van der Waals surface area contributed by atoms with Crippen LogP contribution in [0.15, 0.2) is 60.7 Å². The van der Waals surface area contributed by atoms with E-state index in [0.717, 1.165) is 23.1 Å². The van der Waals surface area contributed by atoms with Crippen molar-refractivity contribution in [1.29, 1.82) is 0 Å². The van der Waals surface area contributed by atoms with E-state index in [9.17, 15) is 19.2 Å². The lowest BCUT2D eigenvalue weighted by Gasteiger charge is -2.37. The quantitative estimate of drug-likeness (QED) is 0.260. The van der Waals surface area contributed by atoms with Gasteiger partial charge in [0.2, 0.25) is 17.6 Å². The molecule has 0 radical (unpaired) electrons. The lowest BCUT2D eigenvalue weighted by atomic mass is 9.63. The van der Waals surface area contributed by atoms with E-state index in [1.807, 2.05) is 56.3 Å². The monoisotopic (exact) mass is 483 g/mol. The van der Waals surface area contributed by atoms with Crippen LogP contribution in [-0.4, -0.2) is 41.1 Å². The van der Waals surface area contributed by atoms with Crippen LogP contribution in [0.5, 0.6) is 0 Å². The van der Waals surface area contributed by atoms with E-state index in [2.05, 4.69) is 12.2 Å². The van der Waals surface area contributed by atoms with Crippen LogP contribution < -0.4 is 0 Å². The average molecular weight is 484 g/mol. The maximum atomic E-state index is 13.7. The second-order valence-electron chi connectivity index (χ2n) is 10.8. The summed E-state index contributed by atoms with van der Waals surface area (Å²) in [5.74, 6) is -1.24. The fraction of sp³-hybridized carbons (Fsp3) is 0.400. The molecule has 7 rings (SSSR count). The van der Waals surface area contributed by atoms with E-state index in [1.54, 1.807) is 6.07 Å². The summed E-state index contributed by atoms with van der Waals surface area (Å²) in [7, 11) is 0.